The van der Waals surface area contributed by atoms with Crippen molar-refractivity contribution in [2.45, 2.75) is 33.9 Å². The van der Waals surface area contributed by atoms with Gasteiger partial charge in [0.1, 0.15) is 0 Å². The average Bonchev–Trinajstić information content (AvgIpc) is 3.15. The minimum Gasteiger partial charge on any atom is -0.377 e. The van der Waals surface area contributed by atoms with Gasteiger partial charge in [-0.15, -0.1) is 23.4 Å². The highest BCUT2D eigenvalue weighted by atomic mass is 79.9. The van der Waals surface area contributed by atoms with Crippen molar-refractivity contribution in [3.63, 3.8) is 0 Å². The largest absolute Gasteiger partial charge is 0.377 e. The maximum Gasteiger partial charge on any atom is 0.282 e. The second-order valence-corrected chi connectivity index (χ2v) is 11.1. The Morgan fingerprint density at radius 3 is 2.41 bits per heavy atom. The van der Waals surface area contributed by atoms with Crippen molar-refractivity contribution in [3.8, 4) is 0 Å². The molecule has 0 radical (unpaired) electrons. The summed E-state index contributed by atoms with van der Waals surface area (Å²) >= 11 is 12.0. The van der Waals surface area contributed by atoms with Gasteiger partial charge in [0.15, 0.2) is 0 Å². The van der Waals surface area contributed by atoms with E-state index in [9.17, 15) is 20.2 Å². The molecule has 5 atom stereocenters. The molecule has 0 bridgehead atoms. The second kappa shape index (κ2) is 9.20. The highest BCUT2D eigenvalue weighted by Gasteiger charge is 2.51. The molecule has 34 heavy (non-hydrogen) atoms. The van der Waals surface area contributed by atoms with Crippen LogP contribution in [0.4, 0.5) is 17.1 Å². The SMILES string of the molecule is O=[N+]([O-])c1cc(Br)c2c(c1)[C@H]1[C@@H](Cl)[C@@H](Sc3ccccc3[N+](=O)[O-])C[C@@H]1[C@H](c1ccccc1)N2. The summed E-state index contributed by atoms with van der Waals surface area (Å²) in [6, 6.07) is 19.8. The van der Waals surface area contributed by atoms with Crippen molar-refractivity contribution in [2.24, 2.45) is 5.92 Å². The highest BCUT2D eigenvalue weighted by Crippen LogP contribution is 2.59. The third-order valence-electron chi connectivity index (χ3n) is 6.57. The van der Waals surface area contributed by atoms with E-state index < -0.39 is 4.92 Å². The number of fused-ring (bicyclic) bond motifs is 3. The van der Waals surface area contributed by atoms with Gasteiger partial charge in [-0.25, -0.2) is 0 Å². The van der Waals surface area contributed by atoms with Crippen molar-refractivity contribution in [2.75, 3.05) is 5.32 Å². The summed E-state index contributed by atoms with van der Waals surface area (Å²) < 4.78 is 0.620. The van der Waals surface area contributed by atoms with E-state index in [1.807, 2.05) is 18.2 Å². The lowest BCUT2D eigenvalue weighted by Gasteiger charge is -2.38. The zero-order valence-electron chi connectivity index (χ0n) is 17.6. The number of nitrogens with one attached hydrogen (secondary N) is 1. The van der Waals surface area contributed by atoms with E-state index in [-0.39, 0.29) is 44.8 Å². The molecule has 174 valence electrons. The molecule has 1 heterocycles. The van der Waals surface area contributed by atoms with Gasteiger partial charge in [-0.05, 0) is 45.5 Å². The Morgan fingerprint density at radius 2 is 1.71 bits per heavy atom. The van der Waals surface area contributed by atoms with Gasteiger partial charge in [-0.1, -0.05) is 42.5 Å². The van der Waals surface area contributed by atoms with Crippen LogP contribution in [0.3, 0.4) is 0 Å². The standard InChI is InChI=1S/C24H19BrClN3O4S/c25-17-11-14(28(30)31)10-15-21-16(23(27-24(15)17)13-6-2-1-3-7-13)12-20(22(21)26)34-19-9-5-4-8-18(19)29(32)33/h1-11,16,20-23,27H,12H2/t16-,20-,21+,22-,23-/m0/s1. The summed E-state index contributed by atoms with van der Waals surface area (Å²) in [5, 5.41) is 26.3. The van der Waals surface area contributed by atoms with Crippen LogP contribution in [0.1, 0.15) is 29.5 Å². The molecule has 0 spiro atoms. The number of anilines is 1. The molecule has 7 nitrogen and oxygen atoms in total. The number of hydrogen-bond acceptors (Lipinski definition) is 6. The number of nitrogens with zero attached hydrogens (tertiary/aromatic N) is 2. The third-order valence-corrected chi connectivity index (χ3v) is 9.30. The van der Waals surface area contributed by atoms with E-state index in [0.717, 1.165) is 16.8 Å². The first-order valence-corrected chi connectivity index (χ1v) is 12.8. The zero-order valence-corrected chi connectivity index (χ0v) is 20.8. The maximum atomic E-state index is 11.6. The fourth-order valence-corrected chi connectivity index (χ4v) is 7.65. The minimum atomic E-state index is -0.402. The molecule has 1 saturated carbocycles. The molecule has 1 aliphatic heterocycles. The Morgan fingerprint density at radius 1 is 1.00 bits per heavy atom. The molecular weight excluding hydrogens is 542 g/mol. The quantitative estimate of drug-likeness (QED) is 0.200. The predicted molar refractivity (Wildman–Crippen MR) is 137 cm³/mol. The van der Waals surface area contributed by atoms with E-state index in [0.29, 0.717) is 15.8 Å². The van der Waals surface area contributed by atoms with Crippen LogP contribution in [0.2, 0.25) is 0 Å². The average molecular weight is 561 g/mol. The van der Waals surface area contributed by atoms with Crippen LogP contribution in [0, 0.1) is 26.1 Å². The van der Waals surface area contributed by atoms with Crippen LogP contribution in [0.25, 0.3) is 0 Å². The molecule has 0 saturated heterocycles. The lowest BCUT2D eigenvalue weighted by atomic mass is 9.77. The number of alkyl halides is 1. The topological polar surface area (TPSA) is 98.3 Å². The third kappa shape index (κ3) is 4.06. The normalized spacial score (nSPS) is 25.2. The molecular formula is C24H19BrClN3O4S. The Balaban J connectivity index is 1.58. The van der Waals surface area contributed by atoms with Gasteiger partial charge in [0.2, 0.25) is 0 Å². The van der Waals surface area contributed by atoms with E-state index in [1.165, 1.54) is 23.9 Å². The maximum absolute atomic E-state index is 11.6. The molecule has 0 aromatic heterocycles. The van der Waals surface area contributed by atoms with Crippen LogP contribution < -0.4 is 5.32 Å². The van der Waals surface area contributed by atoms with Crippen molar-refractivity contribution < 1.29 is 9.85 Å². The summed E-state index contributed by atoms with van der Waals surface area (Å²) in [5.41, 5.74) is 2.78. The number of halogens is 2. The van der Waals surface area contributed by atoms with E-state index in [4.69, 9.17) is 11.6 Å². The first-order chi connectivity index (χ1) is 16.3. The van der Waals surface area contributed by atoms with Gasteiger partial charge in [-0.2, -0.15) is 0 Å². The Kier molecular flexibility index (Phi) is 6.26. The van der Waals surface area contributed by atoms with Crippen LogP contribution in [-0.2, 0) is 0 Å². The zero-order chi connectivity index (χ0) is 24.0. The monoisotopic (exact) mass is 559 g/mol. The number of nitro benzene ring substituents is 2. The van der Waals surface area contributed by atoms with Gasteiger partial charge in [0.05, 0.1) is 31.8 Å². The van der Waals surface area contributed by atoms with Crippen LogP contribution >= 0.6 is 39.3 Å². The van der Waals surface area contributed by atoms with E-state index in [2.05, 4.69) is 33.4 Å². The highest BCUT2D eigenvalue weighted by molar-refractivity contribution is 9.10. The van der Waals surface area contributed by atoms with Crippen LogP contribution in [0.15, 0.2) is 76.1 Å². The smallest absolute Gasteiger partial charge is 0.282 e. The summed E-state index contributed by atoms with van der Waals surface area (Å²) in [5.74, 6) is -0.0915. The molecule has 10 heteroatoms. The molecule has 1 aliphatic carbocycles. The first kappa shape index (κ1) is 23.1. The minimum absolute atomic E-state index is 0.00278. The summed E-state index contributed by atoms with van der Waals surface area (Å²) in [6.07, 6.45) is 0.710. The molecule has 0 unspecified atom stereocenters. The number of hydrogen-bond donors (Lipinski definition) is 1. The lowest BCUT2D eigenvalue weighted by molar-refractivity contribution is -0.387. The number of benzene rings is 3. The van der Waals surface area contributed by atoms with Crippen molar-refractivity contribution >= 4 is 56.4 Å². The Hall–Kier alpha value is -2.62. The van der Waals surface area contributed by atoms with Gasteiger partial charge in [-0.3, -0.25) is 20.2 Å². The molecule has 2 aliphatic rings. The fourth-order valence-electron chi connectivity index (χ4n) is 5.13. The van der Waals surface area contributed by atoms with Gasteiger partial charge >= 0.3 is 0 Å². The number of para-hydroxylation sites is 1. The second-order valence-electron chi connectivity index (χ2n) is 8.43. The van der Waals surface area contributed by atoms with Crippen molar-refractivity contribution in [1.82, 2.24) is 0 Å². The molecule has 3 aromatic rings. The molecule has 5 rings (SSSR count). The molecule has 0 amide bonds. The van der Waals surface area contributed by atoms with Crippen LogP contribution in [0.5, 0.6) is 0 Å². The van der Waals surface area contributed by atoms with Crippen molar-refractivity contribution in [1.29, 1.82) is 0 Å². The van der Waals surface area contributed by atoms with E-state index >= 15 is 0 Å². The molecule has 3 aromatic carbocycles. The predicted octanol–water partition coefficient (Wildman–Crippen LogP) is 7.30. The van der Waals surface area contributed by atoms with Crippen molar-refractivity contribution in [3.05, 3.63) is 103 Å². The van der Waals surface area contributed by atoms with Gasteiger partial charge in [0.25, 0.3) is 11.4 Å². The Bertz CT molecular complexity index is 1280. The summed E-state index contributed by atoms with van der Waals surface area (Å²) in [7, 11) is 0. The molecule has 1 N–H and O–H groups in total. The van der Waals surface area contributed by atoms with Crippen LogP contribution in [-0.4, -0.2) is 20.5 Å². The number of nitro groups is 2. The van der Waals surface area contributed by atoms with Gasteiger partial charge in [0, 0.05) is 33.8 Å². The number of rotatable bonds is 5. The Labute approximate surface area is 213 Å². The first-order valence-electron chi connectivity index (χ1n) is 10.7. The summed E-state index contributed by atoms with van der Waals surface area (Å²) in [6.45, 7) is 0. The molecule has 1 fully saturated rings. The fraction of sp³-hybridized carbons (Fsp3) is 0.250. The number of non-ortho nitro benzene ring substituents is 1. The number of thioether (sulfide) groups is 1. The van der Waals surface area contributed by atoms with Gasteiger partial charge < -0.3 is 5.32 Å². The van der Waals surface area contributed by atoms with E-state index in [1.54, 1.807) is 24.3 Å². The lowest BCUT2D eigenvalue weighted by Crippen LogP contribution is -2.31. The summed E-state index contributed by atoms with van der Waals surface area (Å²) in [4.78, 5) is 22.9.